The summed E-state index contributed by atoms with van der Waals surface area (Å²) >= 11 is 2.88. The Bertz CT molecular complexity index is 978. The Morgan fingerprint density at radius 3 is 2.60 bits per heavy atom. The normalized spacial score (nSPS) is 11.9. The van der Waals surface area contributed by atoms with Gasteiger partial charge in [0.25, 0.3) is 0 Å². The SMILES string of the molecule is CSCCC(NC(=O)CSCC(=O)Nc1ccccc1F)c1nc2ccccc2[nH]1. The summed E-state index contributed by atoms with van der Waals surface area (Å²) in [6.45, 7) is 0. The predicted octanol–water partition coefficient (Wildman–Crippen LogP) is 3.98. The lowest BCUT2D eigenvalue weighted by Gasteiger charge is -2.16. The van der Waals surface area contributed by atoms with E-state index in [-0.39, 0.29) is 35.0 Å². The maximum Gasteiger partial charge on any atom is 0.234 e. The van der Waals surface area contributed by atoms with Crippen LogP contribution in [0.3, 0.4) is 0 Å². The lowest BCUT2D eigenvalue weighted by Crippen LogP contribution is -2.31. The number of thioether (sulfide) groups is 2. The molecule has 3 aromatic rings. The van der Waals surface area contributed by atoms with Crippen molar-refractivity contribution in [3.05, 3.63) is 60.2 Å². The fourth-order valence-electron chi connectivity index (χ4n) is 2.87. The predicted molar refractivity (Wildman–Crippen MR) is 122 cm³/mol. The van der Waals surface area contributed by atoms with Gasteiger partial charge in [0.2, 0.25) is 11.8 Å². The van der Waals surface area contributed by atoms with E-state index in [0.29, 0.717) is 0 Å². The molecule has 0 fully saturated rings. The fourth-order valence-corrected chi connectivity index (χ4v) is 3.97. The molecule has 30 heavy (non-hydrogen) atoms. The molecular weight excluding hydrogens is 423 g/mol. The van der Waals surface area contributed by atoms with Gasteiger partial charge in [0.15, 0.2) is 0 Å². The number of benzene rings is 2. The number of aromatic nitrogens is 2. The standard InChI is InChI=1S/C21H23FN4O2S2/c1-29-11-10-18(21-25-16-8-4-5-9-17(16)26-21)24-20(28)13-30-12-19(27)23-15-7-3-2-6-14(15)22/h2-9,18H,10-13H2,1H3,(H,23,27)(H,24,28)(H,25,26). The van der Waals surface area contributed by atoms with Crippen molar-refractivity contribution in [2.75, 3.05) is 28.8 Å². The zero-order valence-corrected chi connectivity index (χ0v) is 18.1. The molecule has 0 aliphatic carbocycles. The number of hydrogen-bond donors (Lipinski definition) is 3. The number of halogens is 1. The molecule has 3 rings (SSSR count). The van der Waals surface area contributed by atoms with E-state index >= 15 is 0 Å². The number of rotatable bonds is 10. The fraction of sp³-hybridized carbons (Fsp3) is 0.286. The summed E-state index contributed by atoms with van der Waals surface area (Å²) in [7, 11) is 0. The molecule has 2 amide bonds. The van der Waals surface area contributed by atoms with Crippen molar-refractivity contribution in [1.29, 1.82) is 0 Å². The highest BCUT2D eigenvalue weighted by Crippen LogP contribution is 2.20. The van der Waals surface area contributed by atoms with Gasteiger partial charge in [-0.3, -0.25) is 9.59 Å². The molecular formula is C21H23FN4O2S2. The van der Waals surface area contributed by atoms with E-state index < -0.39 is 5.82 Å². The van der Waals surface area contributed by atoms with Gasteiger partial charge in [-0.15, -0.1) is 11.8 Å². The van der Waals surface area contributed by atoms with Crippen LogP contribution >= 0.6 is 23.5 Å². The molecule has 1 unspecified atom stereocenters. The average molecular weight is 447 g/mol. The van der Waals surface area contributed by atoms with E-state index in [0.717, 1.165) is 29.0 Å². The number of aromatic amines is 1. The van der Waals surface area contributed by atoms with Crippen LogP contribution in [0.1, 0.15) is 18.3 Å². The van der Waals surface area contributed by atoms with E-state index in [1.165, 1.54) is 23.9 Å². The van der Waals surface area contributed by atoms with Crippen LogP contribution in [0.5, 0.6) is 0 Å². The third-order valence-electron chi connectivity index (χ3n) is 4.30. The molecule has 6 nitrogen and oxygen atoms in total. The van der Waals surface area contributed by atoms with Gasteiger partial charge in [-0.2, -0.15) is 11.8 Å². The van der Waals surface area contributed by atoms with Crippen LogP contribution in [0, 0.1) is 5.82 Å². The minimum atomic E-state index is -0.490. The Morgan fingerprint density at radius 1 is 1.10 bits per heavy atom. The number of amides is 2. The molecule has 1 heterocycles. The quantitative estimate of drug-likeness (QED) is 0.438. The van der Waals surface area contributed by atoms with Gasteiger partial charge in [0, 0.05) is 0 Å². The highest BCUT2D eigenvalue weighted by atomic mass is 32.2. The molecule has 3 N–H and O–H groups in total. The van der Waals surface area contributed by atoms with Crippen molar-refractivity contribution in [2.24, 2.45) is 0 Å². The maximum absolute atomic E-state index is 13.6. The van der Waals surface area contributed by atoms with Crippen molar-refractivity contribution in [2.45, 2.75) is 12.5 Å². The maximum atomic E-state index is 13.6. The van der Waals surface area contributed by atoms with Crippen molar-refractivity contribution in [3.8, 4) is 0 Å². The molecule has 0 saturated carbocycles. The van der Waals surface area contributed by atoms with E-state index in [1.807, 2.05) is 30.5 Å². The van der Waals surface area contributed by atoms with Gasteiger partial charge >= 0.3 is 0 Å². The number of hydrogen-bond acceptors (Lipinski definition) is 5. The van der Waals surface area contributed by atoms with E-state index in [9.17, 15) is 14.0 Å². The third kappa shape index (κ3) is 6.24. The average Bonchev–Trinajstić information content (AvgIpc) is 3.17. The Hall–Kier alpha value is -2.52. The van der Waals surface area contributed by atoms with Crippen LogP contribution < -0.4 is 10.6 Å². The summed E-state index contributed by atoms with van der Waals surface area (Å²) in [6, 6.07) is 13.5. The second kappa shape index (κ2) is 11.0. The van der Waals surface area contributed by atoms with Gasteiger partial charge < -0.3 is 15.6 Å². The van der Waals surface area contributed by atoms with Crippen LogP contribution in [0.15, 0.2) is 48.5 Å². The molecule has 9 heteroatoms. The molecule has 0 bridgehead atoms. The second-order valence-electron chi connectivity index (χ2n) is 6.56. The molecule has 1 atom stereocenters. The van der Waals surface area contributed by atoms with Crippen LogP contribution in [0.25, 0.3) is 11.0 Å². The van der Waals surface area contributed by atoms with Crippen molar-refractivity contribution in [3.63, 3.8) is 0 Å². The number of fused-ring (bicyclic) bond motifs is 1. The zero-order valence-electron chi connectivity index (χ0n) is 16.5. The zero-order chi connectivity index (χ0) is 21.3. The highest BCUT2D eigenvalue weighted by Gasteiger charge is 2.18. The minimum Gasteiger partial charge on any atom is -0.345 e. The van der Waals surface area contributed by atoms with E-state index in [4.69, 9.17) is 0 Å². The first-order valence-electron chi connectivity index (χ1n) is 9.42. The van der Waals surface area contributed by atoms with Crippen LogP contribution in [0.4, 0.5) is 10.1 Å². The van der Waals surface area contributed by atoms with Crippen LogP contribution in [-0.4, -0.2) is 45.3 Å². The van der Waals surface area contributed by atoms with Crippen molar-refractivity contribution in [1.82, 2.24) is 15.3 Å². The van der Waals surface area contributed by atoms with Crippen molar-refractivity contribution < 1.29 is 14.0 Å². The molecule has 158 valence electrons. The number of carbonyl (C=O) groups excluding carboxylic acids is 2. The molecule has 0 aliphatic rings. The number of nitrogens with one attached hydrogen (secondary N) is 3. The molecule has 0 saturated heterocycles. The summed E-state index contributed by atoms with van der Waals surface area (Å²) in [5.41, 5.74) is 1.92. The minimum absolute atomic E-state index is 0.0574. The first kappa shape index (κ1) is 22.2. The Morgan fingerprint density at radius 2 is 1.83 bits per heavy atom. The molecule has 0 radical (unpaired) electrons. The van der Waals surface area contributed by atoms with E-state index in [2.05, 4.69) is 20.6 Å². The highest BCUT2D eigenvalue weighted by molar-refractivity contribution is 8.00. The Balaban J connectivity index is 1.51. The number of nitrogens with zero attached hydrogens (tertiary/aromatic N) is 1. The summed E-state index contributed by atoms with van der Waals surface area (Å²) < 4.78 is 13.6. The largest absolute Gasteiger partial charge is 0.345 e. The number of imidazole rings is 1. The molecule has 0 spiro atoms. The first-order chi connectivity index (χ1) is 14.6. The van der Waals surface area contributed by atoms with Gasteiger partial charge in [-0.25, -0.2) is 9.37 Å². The lowest BCUT2D eigenvalue weighted by atomic mass is 10.2. The first-order valence-corrected chi connectivity index (χ1v) is 12.0. The van der Waals surface area contributed by atoms with Gasteiger partial charge in [-0.1, -0.05) is 24.3 Å². The molecule has 2 aromatic carbocycles. The van der Waals surface area contributed by atoms with Crippen molar-refractivity contribution >= 4 is 52.1 Å². The van der Waals surface area contributed by atoms with E-state index in [1.54, 1.807) is 23.9 Å². The summed E-state index contributed by atoms with van der Waals surface area (Å²) in [6.07, 6.45) is 2.76. The molecule has 1 aromatic heterocycles. The smallest absolute Gasteiger partial charge is 0.234 e. The lowest BCUT2D eigenvalue weighted by molar-refractivity contribution is -0.119. The number of para-hydroxylation sites is 3. The topological polar surface area (TPSA) is 86.9 Å². The van der Waals surface area contributed by atoms with Crippen LogP contribution in [-0.2, 0) is 9.59 Å². The van der Waals surface area contributed by atoms with Gasteiger partial charge in [-0.05, 0) is 42.7 Å². The number of carbonyl (C=O) groups is 2. The Kier molecular flexibility index (Phi) is 8.15. The number of H-pyrrole nitrogens is 1. The summed E-state index contributed by atoms with van der Waals surface area (Å²) in [5.74, 6) is 0.763. The summed E-state index contributed by atoms with van der Waals surface area (Å²) in [4.78, 5) is 32.3. The third-order valence-corrected chi connectivity index (χ3v) is 5.87. The van der Waals surface area contributed by atoms with Gasteiger partial charge in [0.1, 0.15) is 11.6 Å². The van der Waals surface area contributed by atoms with Crippen LogP contribution in [0.2, 0.25) is 0 Å². The summed E-state index contributed by atoms with van der Waals surface area (Å²) in [5, 5.41) is 5.51. The second-order valence-corrected chi connectivity index (χ2v) is 8.53. The Labute approximate surface area is 182 Å². The van der Waals surface area contributed by atoms with Gasteiger partial charge in [0.05, 0.1) is 34.3 Å². The molecule has 0 aliphatic heterocycles. The monoisotopic (exact) mass is 446 g/mol. The number of anilines is 1.